The Bertz CT molecular complexity index is 960. The van der Waals surface area contributed by atoms with Gasteiger partial charge in [0.25, 0.3) is 5.69 Å². The molecule has 0 unspecified atom stereocenters. The van der Waals surface area contributed by atoms with Crippen molar-refractivity contribution in [2.45, 2.75) is 55.5 Å². The van der Waals surface area contributed by atoms with Gasteiger partial charge in [0.05, 0.1) is 29.1 Å². The third-order valence-electron chi connectivity index (χ3n) is 6.44. The number of nitrogens with one attached hydrogen (secondary N) is 1. The van der Waals surface area contributed by atoms with Crippen LogP contribution in [0.5, 0.6) is 0 Å². The third-order valence-corrected chi connectivity index (χ3v) is 8.28. The van der Waals surface area contributed by atoms with Gasteiger partial charge in [-0.05, 0) is 56.6 Å². The molecule has 0 spiro atoms. The molecule has 1 aliphatic heterocycles. The summed E-state index contributed by atoms with van der Waals surface area (Å²) in [4.78, 5) is 25.2. The highest BCUT2D eigenvalue weighted by Gasteiger charge is 2.41. The molecule has 11 heteroatoms. The van der Waals surface area contributed by atoms with Crippen molar-refractivity contribution >= 4 is 33.2 Å². The van der Waals surface area contributed by atoms with E-state index >= 15 is 0 Å². The van der Waals surface area contributed by atoms with Crippen LogP contribution in [0.3, 0.4) is 0 Å². The molecule has 170 valence electrons. The molecule has 0 bridgehead atoms. The minimum absolute atomic E-state index is 0.100. The molecule has 3 fully saturated rings. The molecule has 1 amide bonds. The van der Waals surface area contributed by atoms with Crippen molar-refractivity contribution < 1.29 is 22.9 Å². The minimum Gasteiger partial charge on any atom is -0.377 e. The highest BCUT2D eigenvalue weighted by Crippen LogP contribution is 2.38. The Kier molecular flexibility index (Phi) is 6.52. The number of nitro groups is 1. The number of nitrogens with zero attached hydrogens (tertiary/aromatic N) is 2. The van der Waals surface area contributed by atoms with Crippen molar-refractivity contribution in [3.8, 4) is 0 Å². The topological polar surface area (TPSA) is 119 Å². The fraction of sp³-hybridized carbons (Fsp3) is 0.650. The van der Waals surface area contributed by atoms with Gasteiger partial charge >= 0.3 is 0 Å². The van der Waals surface area contributed by atoms with Gasteiger partial charge in [0.1, 0.15) is 5.02 Å². The highest BCUT2D eigenvalue weighted by molar-refractivity contribution is 7.89. The van der Waals surface area contributed by atoms with Crippen LogP contribution in [0.4, 0.5) is 5.69 Å². The summed E-state index contributed by atoms with van der Waals surface area (Å²) in [5, 5.41) is 10.9. The first-order valence-corrected chi connectivity index (χ1v) is 12.5. The number of nitro benzene ring substituents is 1. The number of hydrogen-bond acceptors (Lipinski definition) is 6. The van der Waals surface area contributed by atoms with E-state index in [1.54, 1.807) is 0 Å². The molecule has 2 saturated carbocycles. The van der Waals surface area contributed by atoms with Crippen LogP contribution in [-0.2, 0) is 19.6 Å². The fourth-order valence-corrected chi connectivity index (χ4v) is 6.06. The number of carbonyl (C=O) groups is 1. The second kappa shape index (κ2) is 9.01. The third kappa shape index (κ3) is 5.02. The zero-order valence-electron chi connectivity index (χ0n) is 17.0. The van der Waals surface area contributed by atoms with Crippen molar-refractivity contribution in [3.05, 3.63) is 33.3 Å². The van der Waals surface area contributed by atoms with Gasteiger partial charge in [-0.15, -0.1) is 0 Å². The quantitative estimate of drug-likeness (QED) is 0.503. The SMILES string of the molecule is O=C([C@H]1CC[C@H](NS(=O)(=O)c2ccc(Cl)c([N+](=O)[O-])c2)CC1)N1CCOC[C@@H]1C1CC1. The monoisotopic (exact) mass is 471 g/mol. The summed E-state index contributed by atoms with van der Waals surface area (Å²) in [6.45, 7) is 1.80. The number of benzene rings is 1. The molecule has 0 aromatic heterocycles. The first kappa shape index (κ1) is 22.4. The van der Waals surface area contributed by atoms with Crippen LogP contribution in [0.25, 0.3) is 0 Å². The highest BCUT2D eigenvalue weighted by atomic mass is 35.5. The number of hydrogen-bond donors (Lipinski definition) is 1. The molecule has 0 radical (unpaired) electrons. The lowest BCUT2D eigenvalue weighted by molar-refractivity contribution is -0.384. The van der Waals surface area contributed by atoms with E-state index in [0.29, 0.717) is 51.4 Å². The van der Waals surface area contributed by atoms with Crippen LogP contribution in [-0.4, -0.2) is 56.0 Å². The summed E-state index contributed by atoms with van der Waals surface area (Å²) in [6, 6.07) is 3.30. The minimum atomic E-state index is -3.93. The second-order valence-electron chi connectivity index (χ2n) is 8.55. The Morgan fingerprint density at radius 3 is 2.55 bits per heavy atom. The Morgan fingerprint density at radius 1 is 1.19 bits per heavy atom. The number of sulfonamides is 1. The van der Waals surface area contributed by atoms with Crippen molar-refractivity contribution in [1.29, 1.82) is 0 Å². The summed E-state index contributed by atoms with van der Waals surface area (Å²) in [7, 11) is -3.93. The van der Waals surface area contributed by atoms with E-state index in [1.807, 2.05) is 4.90 Å². The Balaban J connectivity index is 1.36. The zero-order chi connectivity index (χ0) is 22.2. The van der Waals surface area contributed by atoms with Crippen LogP contribution in [0.1, 0.15) is 38.5 Å². The fourth-order valence-electron chi connectivity index (χ4n) is 4.55. The summed E-state index contributed by atoms with van der Waals surface area (Å²) in [5.74, 6) is 0.613. The molecule has 1 saturated heterocycles. The van der Waals surface area contributed by atoms with Crippen molar-refractivity contribution in [1.82, 2.24) is 9.62 Å². The maximum Gasteiger partial charge on any atom is 0.289 e. The van der Waals surface area contributed by atoms with Gasteiger partial charge in [0, 0.05) is 24.6 Å². The number of morpholine rings is 1. The van der Waals surface area contributed by atoms with Gasteiger partial charge in [-0.2, -0.15) is 0 Å². The lowest BCUT2D eigenvalue weighted by Gasteiger charge is -2.39. The maximum atomic E-state index is 13.1. The second-order valence-corrected chi connectivity index (χ2v) is 10.7. The van der Waals surface area contributed by atoms with Gasteiger partial charge in [-0.25, -0.2) is 13.1 Å². The van der Waals surface area contributed by atoms with Crippen LogP contribution in [0, 0.1) is 22.0 Å². The summed E-state index contributed by atoms with van der Waals surface area (Å²) < 4.78 is 33.6. The largest absolute Gasteiger partial charge is 0.377 e. The lowest BCUT2D eigenvalue weighted by Crippen LogP contribution is -2.52. The molecule has 31 heavy (non-hydrogen) atoms. The van der Waals surface area contributed by atoms with Crippen molar-refractivity contribution in [2.24, 2.45) is 11.8 Å². The molecule has 4 rings (SSSR count). The average molecular weight is 472 g/mol. The molecule has 1 aromatic rings. The van der Waals surface area contributed by atoms with E-state index in [9.17, 15) is 23.3 Å². The molecule has 9 nitrogen and oxygen atoms in total. The summed E-state index contributed by atoms with van der Waals surface area (Å²) >= 11 is 5.78. The number of amides is 1. The first-order valence-electron chi connectivity index (χ1n) is 10.6. The van der Waals surface area contributed by atoms with E-state index in [2.05, 4.69) is 4.72 Å². The van der Waals surface area contributed by atoms with E-state index < -0.39 is 20.6 Å². The van der Waals surface area contributed by atoms with Crippen LogP contribution in [0.2, 0.25) is 5.02 Å². The molecule has 2 aliphatic carbocycles. The van der Waals surface area contributed by atoms with Crippen LogP contribution in [0.15, 0.2) is 23.1 Å². The molecule has 1 N–H and O–H groups in total. The van der Waals surface area contributed by atoms with Crippen LogP contribution >= 0.6 is 11.6 Å². The maximum absolute atomic E-state index is 13.1. The van der Waals surface area contributed by atoms with Gasteiger partial charge in [-0.3, -0.25) is 14.9 Å². The van der Waals surface area contributed by atoms with Crippen molar-refractivity contribution in [3.63, 3.8) is 0 Å². The predicted octanol–water partition coefficient (Wildman–Crippen LogP) is 2.72. The van der Waals surface area contributed by atoms with Crippen LogP contribution < -0.4 is 4.72 Å². The number of ether oxygens (including phenoxy) is 1. The zero-order valence-corrected chi connectivity index (χ0v) is 18.6. The van der Waals surface area contributed by atoms with E-state index in [0.717, 1.165) is 18.9 Å². The normalized spacial score (nSPS) is 27.1. The average Bonchev–Trinajstić information content (AvgIpc) is 3.59. The smallest absolute Gasteiger partial charge is 0.289 e. The van der Waals surface area contributed by atoms with E-state index in [4.69, 9.17) is 16.3 Å². The van der Waals surface area contributed by atoms with Crippen molar-refractivity contribution in [2.75, 3.05) is 19.8 Å². The Labute approximate surface area is 186 Å². The molecule has 1 atom stereocenters. The molecule has 1 heterocycles. The molecule has 1 aromatic carbocycles. The first-order chi connectivity index (χ1) is 14.8. The standard InChI is InChI=1S/C20H26ClN3O6S/c21-17-8-7-16(11-18(17)24(26)27)31(28,29)22-15-5-3-14(4-6-15)20(25)23-9-10-30-12-19(23)13-1-2-13/h7-8,11,13-15,19,22H,1-6,9-10,12H2/t14-,15-,19-/m1/s1. The predicted molar refractivity (Wildman–Crippen MR) is 113 cm³/mol. The number of rotatable bonds is 6. The van der Waals surface area contributed by atoms with Gasteiger partial charge < -0.3 is 9.64 Å². The summed E-state index contributed by atoms with van der Waals surface area (Å²) in [6.07, 6.45) is 4.61. The number of halogens is 1. The van der Waals surface area contributed by atoms with Gasteiger partial charge in [0.15, 0.2) is 0 Å². The summed E-state index contributed by atoms with van der Waals surface area (Å²) in [5.41, 5.74) is -0.449. The molecular weight excluding hydrogens is 446 g/mol. The van der Waals surface area contributed by atoms with Gasteiger partial charge in [-0.1, -0.05) is 11.6 Å². The molecule has 3 aliphatic rings. The lowest BCUT2D eigenvalue weighted by atomic mass is 9.85. The molecular formula is C20H26ClN3O6S. The Hall–Kier alpha value is -1.75. The number of carbonyl (C=O) groups excluding carboxylic acids is 1. The van der Waals surface area contributed by atoms with E-state index in [1.165, 1.54) is 12.1 Å². The van der Waals surface area contributed by atoms with Gasteiger partial charge in [0.2, 0.25) is 15.9 Å². The van der Waals surface area contributed by atoms with E-state index in [-0.39, 0.29) is 33.8 Å². The Morgan fingerprint density at radius 2 is 1.90 bits per heavy atom.